The van der Waals surface area contributed by atoms with Gasteiger partial charge < -0.3 is 25.5 Å². The first-order valence-electron chi connectivity index (χ1n) is 6.77. The van der Waals surface area contributed by atoms with Gasteiger partial charge in [-0.05, 0) is 37.6 Å². The molecule has 6 nitrogen and oxygen atoms in total. The van der Waals surface area contributed by atoms with Gasteiger partial charge in [0.2, 0.25) is 0 Å². The maximum absolute atomic E-state index is 12.4. The summed E-state index contributed by atoms with van der Waals surface area (Å²) in [5.74, 6) is -0.634. The molecular weight excluding hydrogens is 260 g/mol. The molecule has 1 aliphatic rings. The molecule has 2 rings (SSSR count). The molecule has 6 heteroatoms. The van der Waals surface area contributed by atoms with Crippen molar-refractivity contribution in [3.63, 3.8) is 0 Å². The summed E-state index contributed by atoms with van der Waals surface area (Å²) >= 11 is 0. The van der Waals surface area contributed by atoms with Crippen LogP contribution in [-0.4, -0.2) is 58.4 Å². The van der Waals surface area contributed by atoms with E-state index >= 15 is 0 Å². The number of hydrogen-bond donors (Lipinski definition) is 4. The van der Waals surface area contributed by atoms with Crippen molar-refractivity contribution >= 4 is 5.91 Å². The van der Waals surface area contributed by atoms with Gasteiger partial charge in [0, 0.05) is 19.1 Å². The average Bonchev–Trinajstić information content (AvgIpc) is 2.93. The Morgan fingerprint density at radius 2 is 2.20 bits per heavy atom. The summed E-state index contributed by atoms with van der Waals surface area (Å²) in [7, 11) is 0. The van der Waals surface area contributed by atoms with Crippen molar-refractivity contribution in [2.24, 2.45) is 0 Å². The minimum atomic E-state index is -0.388. The van der Waals surface area contributed by atoms with Gasteiger partial charge in [-0.2, -0.15) is 0 Å². The minimum Gasteiger partial charge on any atom is -0.508 e. The second-order valence-electron chi connectivity index (χ2n) is 4.97. The fraction of sp³-hybridized carbons (Fsp3) is 0.500. The first-order chi connectivity index (χ1) is 9.61. The average molecular weight is 280 g/mol. The Morgan fingerprint density at radius 1 is 1.40 bits per heavy atom. The van der Waals surface area contributed by atoms with Gasteiger partial charge in [-0.25, -0.2) is 0 Å². The number of nitrogens with zero attached hydrogens (tertiary/aromatic N) is 1. The van der Waals surface area contributed by atoms with Crippen LogP contribution in [-0.2, 0) is 0 Å². The molecule has 1 amide bonds. The number of phenolic OH excluding ortho intramolecular Hbond substituents is 2. The van der Waals surface area contributed by atoms with Crippen LogP contribution < -0.4 is 5.32 Å². The molecule has 110 valence electrons. The number of aliphatic hydroxyl groups excluding tert-OH is 1. The number of carbonyl (C=O) groups excluding carboxylic acids is 1. The van der Waals surface area contributed by atoms with Crippen LogP contribution in [0.25, 0.3) is 0 Å². The van der Waals surface area contributed by atoms with Crippen LogP contribution in [0.4, 0.5) is 0 Å². The first-order valence-corrected chi connectivity index (χ1v) is 6.77. The second kappa shape index (κ2) is 6.58. The lowest BCUT2D eigenvalue weighted by molar-refractivity contribution is 0.0703. The molecule has 4 N–H and O–H groups in total. The molecule has 1 aromatic rings. The molecule has 1 fully saturated rings. The number of nitrogens with one attached hydrogen (secondary N) is 1. The summed E-state index contributed by atoms with van der Waals surface area (Å²) < 4.78 is 0. The van der Waals surface area contributed by atoms with Crippen molar-refractivity contribution in [2.75, 3.05) is 26.2 Å². The maximum Gasteiger partial charge on any atom is 0.257 e. The van der Waals surface area contributed by atoms with Gasteiger partial charge in [0.05, 0.1) is 12.2 Å². The van der Waals surface area contributed by atoms with Crippen LogP contribution in [0.2, 0.25) is 0 Å². The van der Waals surface area contributed by atoms with Crippen LogP contribution in [0.1, 0.15) is 23.2 Å². The molecule has 0 spiro atoms. The molecule has 1 saturated heterocycles. The summed E-state index contributed by atoms with van der Waals surface area (Å²) in [5, 5.41) is 31.6. The highest BCUT2D eigenvalue weighted by molar-refractivity contribution is 5.97. The molecule has 0 saturated carbocycles. The van der Waals surface area contributed by atoms with E-state index in [2.05, 4.69) is 5.32 Å². The van der Waals surface area contributed by atoms with Gasteiger partial charge in [0.15, 0.2) is 0 Å². The van der Waals surface area contributed by atoms with Crippen molar-refractivity contribution in [3.8, 4) is 11.5 Å². The molecule has 20 heavy (non-hydrogen) atoms. The van der Waals surface area contributed by atoms with Crippen LogP contribution in [0.15, 0.2) is 18.2 Å². The lowest BCUT2D eigenvalue weighted by Crippen LogP contribution is -2.42. The first kappa shape index (κ1) is 14.6. The van der Waals surface area contributed by atoms with Gasteiger partial charge >= 0.3 is 0 Å². The summed E-state index contributed by atoms with van der Waals surface area (Å²) in [4.78, 5) is 13.9. The van der Waals surface area contributed by atoms with Crippen molar-refractivity contribution in [1.82, 2.24) is 10.2 Å². The number of aromatic hydroxyl groups is 2. The number of hydrogen-bond acceptors (Lipinski definition) is 5. The highest BCUT2D eigenvalue weighted by atomic mass is 16.3. The fourth-order valence-electron chi connectivity index (χ4n) is 2.44. The Labute approximate surface area is 117 Å². The van der Waals surface area contributed by atoms with Gasteiger partial charge in [-0.1, -0.05) is 0 Å². The second-order valence-corrected chi connectivity index (χ2v) is 4.97. The molecule has 0 bridgehead atoms. The summed E-state index contributed by atoms with van der Waals surface area (Å²) in [6, 6.07) is 4.06. The van der Waals surface area contributed by atoms with Crippen LogP contribution in [0.5, 0.6) is 11.5 Å². The Kier molecular flexibility index (Phi) is 4.81. The molecule has 1 aliphatic heterocycles. The molecule has 1 heterocycles. The number of aliphatic hydroxyl groups is 1. The van der Waals surface area contributed by atoms with E-state index in [9.17, 15) is 15.0 Å². The smallest absolute Gasteiger partial charge is 0.257 e. The van der Waals surface area contributed by atoms with Crippen LogP contribution in [0, 0.1) is 0 Å². The molecule has 0 aromatic heterocycles. The van der Waals surface area contributed by atoms with E-state index in [1.807, 2.05) is 0 Å². The minimum absolute atomic E-state index is 0.0523. The number of rotatable bonds is 5. The lowest BCUT2D eigenvalue weighted by Gasteiger charge is -2.25. The summed E-state index contributed by atoms with van der Waals surface area (Å²) in [6.45, 7) is 1.47. The monoisotopic (exact) mass is 280 g/mol. The van der Waals surface area contributed by atoms with Crippen molar-refractivity contribution in [1.29, 1.82) is 0 Å². The third kappa shape index (κ3) is 3.40. The van der Waals surface area contributed by atoms with E-state index in [4.69, 9.17) is 5.11 Å². The standard InChI is InChI=1S/C14H20N2O4/c17-7-6-16(9-10-2-1-5-15-10)14(20)12-8-11(18)3-4-13(12)19/h3-4,8,10,15,17-19H,1-2,5-7,9H2. The lowest BCUT2D eigenvalue weighted by atomic mass is 10.1. The van der Waals surface area contributed by atoms with Crippen molar-refractivity contribution in [3.05, 3.63) is 23.8 Å². The zero-order valence-electron chi connectivity index (χ0n) is 11.2. The van der Waals surface area contributed by atoms with Gasteiger partial charge in [-0.15, -0.1) is 0 Å². The maximum atomic E-state index is 12.4. The number of benzene rings is 1. The Morgan fingerprint density at radius 3 is 2.85 bits per heavy atom. The van der Waals surface area contributed by atoms with E-state index in [1.165, 1.54) is 23.1 Å². The molecular formula is C14H20N2O4. The van der Waals surface area contributed by atoms with Gasteiger partial charge in [-0.3, -0.25) is 4.79 Å². The van der Waals surface area contributed by atoms with E-state index in [-0.39, 0.29) is 42.2 Å². The zero-order chi connectivity index (χ0) is 14.5. The predicted octanol–water partition coefficient (Wildman–Crippen LogP) is 0.284. The predicted molar refractivity (Wildman–Crippen MR) is 73.8 cm³/mol. The van der Waals surface area contributed by atoms with Gasteiger partial charge in [0.25, 0.3) is 5.91 Å². The van der Waals surface area contributed by atoms with Crippen molar-refractivity contribution < 1.29 is 20.1 Å². The van der Waals surface area contributed by atoms with Crippen LogP contribution >= 0.6 is 0 Å². The van der Waals surface area contributed by atoms with Crippen molar-refractivity contribution in [2.45, 2.75) is 18.9 Å². The SMILES string of the molecule is O=C(c1cc(O)ccc1O)N(CCO)CC1CCCN1. The quantitative estimate of drug-likeness (QED) is 0.582. The molecule has 0 radical (unpaired) electrons. The summed E-state index contributed by atoms with van der Waals surface area (Å²) in [6.07, 6.45) is 2.06. The molecule has 1 atom stereocenters. The molecule has 0 aliphatic carbocycles. The number of carbonyl (C=O) groups is 1. The van der Waals surface area contributed by atoms with E-state index in [0.29, 0.717) is 6.54 Å². The normalized spacial score (nSPS) is 18.1. The van der Waals surface area contributed by atoms with Gasteiger partial charge in [0.1, 0.15) is 11.5 Å². The topological polar surface area (TPSA) is 93.0 Å². The zero-order valence-corrected chi connectivity index (χ0v) is 11.2. The Bertz CT molecular complexity index is 472. The number of amides is 1. The third-order valence-corrected chi connectivity index (χ3v) is 3.47. The number of phenols is 2. The van der Waals surface area contributed by atoms with E-state index in [1.54, 1.807) is 0 Å². The largest absolute Gasteiger partial charge is 0.508 e. The van der Waals surface area contributed by atoms with E-state index < -0.39 is 0 Å². The fourth-order valence-corrected chi connectivity index (χ4v) is 2.44. The molecule has 1 unspecified atom stereocenters. The Hall–Kier alpha value is -1.79. The molecule has 1 aromatic carbocycles. The van der Waals surface area contributed by atoms with E-state index in [0.717, 1.165) is 19.4 Å². The highest BCUT2D eigenvalue weighted by Crippen LogP contribution is 2.24. The summed E-state index contributed by atoms with van der Waals surface area (Å²) in [5.41, 5.74) is 0.0523. The van der Waals surface area contributed by atoms with Crippen LogP contribution in [0.3, 0.4) is 0 Å². The Balaban J connectivity index is 2.14. The third-order valence-electron chi connectivity index (χ3n) is 3.47. The highest BCUT2D eigenvalue weighted by Gasteiger charge is 2.24.